The van der Waals surface area contributed by atoms with E-state index in [1.54, 1.807) is 0 Å². The predicted octanol–water partition coefficient (Wildman–Crippen LogP) is 26.1. The average Bonchev–Trinajstić information content (AvgIpc) is 0.908. The standard InChI is InChI=1S/C86H168O17P2/c1-8-10-11-12-13-14-15-16-17-18-19-20-21-22-23-28-31-34-39-48-55-62-69-85(90)102-81(73-96-83(88)67-60-53-46-38-33-30-27-25-24-26-29-32-36-43-50-57-64-77(3)4)75-100-104(92,93)98-71-80(87)72-99-105(94,95)101-76-82(103-86(91)70-63-56-49-40-35-37-44-51-58-65-78(5)6)74-97-84(89)68-61-54-47-42-41-45-52-59-66-79(7)9-2/h77-82,87H,8-76H2,1-7H3,(H,92,93)(H,94,95)/t79?,80-,81-,82-/m1/s1. The Morgan fingerprint density at radius 2 is 0.486 bits per heavy atom. The molecule has 3 unspecified atom stereocenters. The fourth-order valence-corrected chi connectivity index (χ4v) is 14.9. The Morgan fingerprint density at radius 1 is 0.276 bits per heavy atom. The lowest BCUT2D eigenvalue weighted by Crippen LogP contribution is -2.30. The van der Waals surface area contributed by atoms with Crippen LogP contribution >= 0.6 is 15.6 Å². The lowest BCUT2D eigenvalue weighted by Gasteiger charge is -2.21. The molecule has 0 aliphatic carbocycles. The maximum Gasteiger partial charge on any atom is 0.472 e. The second-order valence-electron chi connectivity index (χ2n) is 32.1. The highest BCUT2D eigenvalue weighted by molar-refractivity contribution is 7.47. The summed E-state index contributed by atoms with van der Waals surface area (Å²) in [7, 11) is -9.93. The van der Waals surface area contributed by atoms with Crippen molar-refractivity contribution in [2.75, 3.05) is 39.6 Å². The Hall–Kier alpha value is -1.94. The van der Waals surface area contributed by atoms with E-state index in [0.29, 0.717) is 25.7 Å². The summed E-state index contributed by atoms with van der Waals surface area (Å²) < 4.78 is 68.9. The zero-order valence-electron chi connectivity index (χ0n) is 69.2. The number of ether oxygens (including phenoxy) is 4. The molecule has 19 heteroatoms. The molecule has 624 valence electrons. The molecule has 0 radical (unpaired) electrons. The topological polar surface area (TPSA) is 237 Å². The van der Waals surface area contributed by atoms with Crippen molar-refractivity contribution >= 4 is 39.5 Å². The lowest BCUT2D eigenvalue weighted by atomic mass is 9.99. The molecule has 0 aliphatic heterocycles. The molecule has 0 aromatic carbocycles. The Balaban J connectivity index is 5.22. The molecule has 0 aliphatic rings. The van der Waals surface area contributed by atoms with Gasteiger partial charge < -0.3 is 33.8 Å². The van der Waals surface area contributed by atoms with E-state index in [1.807, 2.05) is 0 Å². The SMILES string of the molecule is CCCCCCCCCCCCCCCCCCCCCCCCC(=O)O[C@H](COC(=O)CCCCCCCCCCCCCCCCCCC(C)C)COP(=O)(O)OC[C@@H](O)COP(=O)(O)OC[C@@H](COC(=O)CCCCCCCCCCC(C)CC)OC(=O)CCCCCCCCCCCC(C)C. The van der Waals surface area contributed by atoms with E-state index in [9.17, 15) is 43.2 Å². The third-order valence-corrected chi connectivity index (χ3v) is 22.4. The van der Waals surface area contributed by atoms with Gasteiger partial charge in [0.05, 0.1) is 26.4 Å². The van der Waals surface area contributed by atoms with Gasteiger partial charge in [-0.15, -0.1) is 0 Å². The molecule has 105 heavy (non-hydrogen) atoms. The number of rotatable bonds is 84. The number of phosphoric acid groups is 2. The second kappa shape index (κ2) is 76.1. The molecule has 0 amide bonds. The molecule has 0 fully saturated rings. The fraction of sp³-hybridized carbons (Fsp3) is 0.953. The highest BCUT2D eigenvalue weighted by atomic mass is 31.2. The third-order valence-electron chi connectivity index (χ3n) is 20.5. The van der Waals surface area contributed by atoms with Crippen LogP contribution in [0, 0.1) is 17.8 Å². The van der Waals surface area contributed by atoms with Gasteiger partial charge in [0.1, 0.15) is 19.3 Å². The van der Waals surface area contributed by atoms with Gasteiger partial charge in [0.2, 0.25) is 0 Å². The summed E-state index contributed by atoms with van der Waals surface area (Å²) in [4.78, 5) is 73.2. The van der Waals surface area contributed by atoms with Gasteiger partial charge in [-0.25, -0.2) is 9.13 Å². The van der Waals surface area contributed by atoms with Crippen LogP contribution in [0.1, 0.15) is 453 Å². The molecule has 0 rings (SSSR count). The number of unbranched alkanes of at least 4 members (excludes halogenated alkanes) is 51. The van der Waals surface area contributed by atoms with Crippen LogP contribution in [-0.4, -0.2) is 96.7 Å². The van der Waals surface area contributed by atoms with Crippen molar-refractivity contribution < 1.29 is 80.2 Å². The molecule has 0 spiro atoms. The van der Waals surface area contributed by atoms with Crippen molar-refractivity contribution in [2.24, 2.45) is 17.8 Å². The number of phosphoric ester groups is 2. The first-order valence-electron chi connectivity index (χ1n) is 44.4. The fourth-order valence-electron chi connectivity index (χ4n) is 13.3. The molecule has 0 aromatic heterocycles. The van der Waals surface area contributed by atoms with Gasteiger partial charge in [-0.05, 0) is 43.4 Å². The normalized spacial score (nSPS) is 14.1. The van der Waals surface area contributed by atoms with Crippen LogP contribution in [0.3, 0.4) is 0 Å². The monoisotopic (exact) mass is 1540 g/mol. The largest absolute Gasteiger partial charge is 0.472 e. The van der Waals surface area contributed by atoms with E-state index in [-0.39, 0.29) is 25.7 Å². The minimum atomic E-state index is -4.97. The van der Waals surface area contributed by atoms with Crippen molar-refractivity contribution in [1.29, 1.82) is 0 Å². The maximum absolute atomic E-state index is 13.1. The highest BCUT2D eigenvalue weighted by Crippen LogP contribution is 2.45. The zero-order chi connectivity index (χ0) is 77.2. The van der Waals surface area contributed by atoms with Crippen LogP contribution in [0.4, 0.5) is 0 Å². The summed E-state index contributed by atoms with van der Waals surface area (Å²) in [5.74, 6) is 0.219. The van der Waals surface area contributed by atoms with Crippen LogP contribution in [0.5, 0.6) is 0 Å². The van der Waals surface area contributed by atoms with Gasteiger partial charge in [0.25, 0.3) is 0 Å². The first-order valence-corrected chi connectivity index (χ1v) is 47.4. The lowest BCUT2D eigenvalue weighted by molar-refractivity contribution is -0.161. The number of carbonyl (C=O) groups excluding carboxylic acids is 4. The molecular formula is C86H168O17P2. The van der Waals surface area contributed by atoms with E-state index in [4.69, 9.17) is 37.0 Å². The summed E-state index contributed by atoms with van der Waals surface area (Å²) in [6, 6.07) is 0. The number of aliphatic hydroxyl groups excluding tert-OH is 1. The van der Waals surface area contributed by atoms with Gasteiger partial charge in [0, 0.05) is 25.7 Å². The van der Waals surface area contributed by atoms with Crippen molar-refractivity contribution in [3.8, 4) is 0 Å². The number of carbonyl (C=O) groups is 4. The maximum atomic E-state index is 13.1. The average molecular weight is 1540 g/mol. The van der Waals surface area contributed by atoms with Gasteiger partial charge in [-0.2, -0.15) is 0 Å². The van der Waals surface area contributed by atoms with Gasteiger partial charge in [0.15, 0.2) is 12.2 Å². The molecule has 0 saturated heterocycles. The molecular weight excluding hydrogens is 1370 g/mol. The van der Waals surface area contributed by atoms with Crippen molar-refractivity contribution in [2.45, 2.75) is 471 Å². The molecule has 17 nitrogen and oxygen atoms in total. The Morgan fingerprint density at radius 3 is 0.724 bits per heavy atom. The Kier molecular flexibility index (Phi) is 74.7. The van der Waals surface area contributed by atoms with Gasteiger partial charge in [-0.1, -0.05) is 402 Å². The molecule has 0 bridgehead atoms. The number of aliphatic hydroxyl groups is 1. The quantitative estimate of drug-likeness (QED) is 0.0222. The minimum Gasteiger partial charge on any atom is -0.462 e. The zero-order valence-corrected chi connectivity index (χ0v) is 71.0. The smallest absolute Gasteiger partial charge is 0.462 e. The first-order chi connectivity index (χ1) is 50.8. The predicted molar refractivity (Wildman–Crippen MR) is 432 cm³/mol. The number of esters is 4. The van der Waals surface area contributed by atoms with Crippen molar-refractivity contribution in [3.63, 3.8) is 0 Å². The Bertz CT molecular complexity index is 2030. The van der Waals surface area contributed by atoms with Crippen LogP contribution in [0.25, 0.3) is 0 Å². The third kappa shape index (κ3) is 78.5. The minimum absolute atomic E-state index is 0.105. The second-order valence-corrected chi connectivity index (χ2v) is 35.0. The van der Waals surface area contributed by atoms with E-state index in [0.717, 1.165) is 108 Å². The Labute approximate surface area is 645 Å². The molecule has 6 atom stereocenters. The summed E-state index contributed by atoms with van der Waals surface area (Å²) in [6.45, 7) is 12.0. The van der Waals surface area contributed by atoms with Gasteiger partial charge >= 0.3 is 39.5 Å². The van der Waals surface area contributed by atoms with Crippen LogP contribution < -0.4 is 0 Å². The summed E-state index contributed by atoms with van der Waals surface area (Å²) in [5.41, 5.74) is 0. The van der Waals surface area contributed by atoms with E-state index < -0.39 is 97.5 Å². The summed E-state index contributed by atoms with van der Waals surface area (Å²) in [6.07, 6.45) is 66.8. The van der Waals surface area contributed by atoms with E-state index in [2.05, 4.69) is 48.5 Å². The van der Waals surface area contributed by atoms with Crippen molar-refractivity contribution in [3.05, 3.63) is 0 Å². The number of hydrogen-bond donors (Lipinski definition) is 3. The van der Waals surface area contributed by atoms with E-state index in [1.165, 1.54) is 263 Å². The van der Waals surface area contributed by atoms with Crippen LogP contribution in [0.2, 0.25) is 0 Å². The van der Waals surface area contributed by atoms with Gasteiger partial charge in [-0.3, -0.25) is 37.3 Å². The highest BCUT2D eigenvalue weighted by Gasteiger charge is 2.30. The van der Waals surface area contributed by atoms with Crippen LogP contribution in [0.15, 0.2) is 0 Å². The van der Waals surface area contributed by atoms with E-state index >= 15 is 0 Å². The molecule has 0 aromatic rings. The van der Waals surface area contributed by atoms with Crippen molar-refractivity contribution in [1.82, 2.24) is 0 Å². The number of hydrogen-bond acceptors (Lipinski definition) is 15. The summed E-state index contributed by atoms with van der Waals surface area (Å²) >= 11 is 0. The first kappa shape index (κ1) is 103. The molecule has 0 saturated carbocycles. The molecule has 0 heterocycles. The molecule has 3 N–H and O–H groups in total. The summed E-state index contributed by atoms with van der Waals surface area (Å²) in [5, 5.41) is 10.7. The van der Waals surface area contributed by atoms with Crippen LogP contribution in [-0.2, 0) is 65.4 Å².